The molecule has 0 saturated carbocycles. The predicted octanol–water partition coefficient (Wildman–Crippen LogP) is 2.99. The first-order chi connectivity index (χ1) is 14.1. The summed E-state index contributed by atoms with van der Waals surface area (Å²) in [6.07, 6.45) is 5.97. The second-order valence-corrected chi connectivity index (χ2v) is 6.84. The fourth-order valence-corrected chi connectivity index (χ4v) is 3.43. The van der Waals surface area contributed by atoms with Gasteiger partial charge in [-0.05, 0) is 55.7 Å². The fraction of sp³-hybridized carbons (Fsp3) is 0.182. The highest BCUT2D eigenvalue weighted by Gasteiger charge is 2.26. The van der Waals surface area contributed by atoms with Gasteiger partial charge in [-0.2, -0.15) is 5.10 Å². The Morgan fingerprint density at radius 3 is 2.59 bits per heavy atom. The molecule has 7 nitrogen and oxygen atoms in total. The first kappa shape index (κ1) is 18.6. The van der Waals surface area contributed by atoms with Crippen LogP contribution in [0.3, 0.4) is 0 Å². The zero-order chi connectivity index (χ0) is 20.2. The molecule has 146 valence electrons. The molecule has 3 heterocycles. The summed E-state index contributed by atoms with van der Waals surface area (Å²) in [7, 11) is 0. The number of nitrogens with one attached hydrogen (secondary N) is 3. The Balaban J connectivity index is 1.55. The number of aromatic amines is 1. The van der Waals surface area contributed by atoms with Crippen molar-refractivity contribution in [3.63, 3.8) is 0 Å². The maximum atomic E-state index is 12.3. The summed E-state index contributed by atoms with van der Waals surface area (Å²) in [6.45, 7) is 4.94. The molecule has 1 amide bonds. The molecule has 3 aromatic rings. The summed E-state index contributed by atoms with van der Waals surface area (Å²) in [4.78, 5) is 24.1. The number of carbonyl (C=O) groups excluding carboxylic acids is 1. The average molecular weight is 386 g/mol. The van der Waals surface area contributed by atoms with Gasteiger partial charge in [-0.1, -0.05) is 18.2 Å². The van der Waals surface area contributed by atoms with Crippen molar-refractivity contribution in [3.8, 4) is 0 Å². The Labute approximate surface area is 169 Å². The largest absolute Gasteiger partial charge is 0.385 e. The molecule has 1 aromatic carbocycles. The maximum Gasteiger partial charge on any atom is 0.273 e. The molecule has 29 heavy (non-hydrogen) atoms. The van der Waals surface area contributed by atoms with Crippen LogP contribution in [0.2, 0.25) is 0 Å². The van der Waals surface area contributed by atoms with E-state index >= 15 is 0 Å². The van der Waals surface area contributed by atoms with E-state index in [4.69, 9.17) is 0 Å². The normalized spacial score (nSPS) is 14.8. The van der Waals surface area contributed by atoms with Crippen LogP contribution in [0.1, 0.15) is 28.3 Å². The van der Waals surface area contributed by atoms with Gasteiger partial charge in [0.15, 0.2) is 5.82 Å². The van der Waals surface area contributed by atoms with Crippen LogP contribution in [-0.4, -0.2) is 33.1 Å². The number of nitrogens with zero attached hydrogens (tertiary/aromatic N) is 3. The third-order valence-electron chi connectivity index (χ3n) is 4.94. The minimum atomic E-state index is -0.258. The molecule has 0 atom stereocenters. The average Bonchev–Trinajstić information content (AvgIpc) is 3.24. The number of anilines is 1. The number of carbonyl (C=O) groups is 1. The van der Waals surface area contributed by atoms with Crippen LogP contribution in [-0.2, 0) is 11.2 Å². The predicted molar refractivity (Wildman–Crippen MR) is 114 cm³/mol. The first-order valence-electron chi connectivity index (χ1n) is 9.48. The molecule has 3 N–H and O–H groups in total. The van der Waals surface area contributed by atoms with E-state index in [0.717, 1.165) is 35.6 Å². The van der Waals surface area contributed by atoms with Crippen molar-refractivity contribution in [1.82, 2.24) is 20.4 Å². The number of hydrogen-bond acceptors (Lipinski definition) is 5. The van der Waals surface area contributed by atoms with Crippen molar-refractivity contribution in [3.05, 3.63) is 82.7 Å². The number of aromatic nitrogens is 3. The van der Waals surface area contributed by atoms with Gasteiger partial charge in [0.1, 0.15) is 5.71 Å². The Kier molecular flexibility index (Phi) is 5.20. The highest BCUT2D eigenvalue weighted by atomic mass is 16.2. The van der Waals surface area contributed by atoms with Gasteiger partial charge in [0.2, 0.25) is 0 Å². The van der Waals surface area contributed by atoms with Gasteiger partial charge in [0.05, 0.1) is 5.57 Å². The van der Waals surface area contributed by atoms with Gasteiger partial charge in [0, 0.05) is 36.0 Å². The number of para-hydroxylation sites is 1. The van der Waals surface area contributed by atoms with E-state index in [1.807, 2.05) is 24.3 Å². The topological polar surface area (TPSA) is 95.1 Å². The second kappa shape index (κ2) is 8.10. The number of H-pyrrole nitrogens is 1. The van der Waals surface area contributed by atoms with E-state index < -0.39 is 0 Å². The lowest BCUT2D eigenvalue weighted by molar-refractivity contribution is -0.116. The molecule has 0 aliphatic carbocycles. The lowest BCUT2D eigenvalue weighted by Gasteiger charge is -2.07. The molecule has 0 radical (unpaired) electrons. The first-order valence-corrected chi connectivity index (χ1v) is 9.48. The molecule has 0 fully saturated rings. The van der Waals surface area contributed by atoms with Gasteiger partial charge in [-0.15, -0.1) is 0 Å². The van der Waals surface area contributed by atoms with E-state index in [9.17, 15) is 4.79 Å². The summed E-state index contributed by atoms with van der Waals surface area (Å²) >= 11 is 0. The standard InChI is InChI=1S/C22H22N6O/c1-14-17(9-12-23-16-7-4-3-5-8-16)15(2)26-19(14)13-18-20(27-28-22(18)29)21-24-10-6-11-25-21/h3-8,10-11,13,23,26H,9,12H2,1-2H3,(H,28,29)/b18-13+. The van der Waals surface area contributed by atoms with Gasteiger partial charge in [-0.3, -0.25) is 4.79 Å². The number of rotatable bonds is 6. The van der Waals surface area contributed by atoms with Crippen molar-refractivity contribution in [2.24, 2.45) is 5.10 Å². The number of benzene rings is 1. The van der Waals surface area contributed by atoms with Crippen LogP contribution in [0, 0.1) is 13.8 Å². The lowest BCUT2D eigenvalue weighted by Crippen LogP contribution is -2.14. The molecule has 4 rings (SSSR count). The lowest BCUT2D eigenvalue weighted by atomic mass is 10.0. The van der Waals surface area contributed by atoms with Crippen LogP contribution in [0.15, 0.2) is 59.5 Å². The molecular weight excluding hydrogens is 364 g/mol. The summed E-state index contributed by atoms with van der Waals surface area (Å²) in [5.41, 5.74) is 8.88. The van der Waals surface area contributed by atoms with Crippen LogP contribution in [0.25, 0.3) is 6.08 Å². The van der Waals surface area contributed by atoms with Crippen LogP contribution in [0.4, 0.5) is 5.69 Å². The fourth-order valence-electron chi connectivity index (χ4n) is 3.43. The van der Waals surface area contributed by atoms with E-state index in [1.165, 1.54) is 5.56 Å². The molecule has 1 aliphatic heterocycles. The number of hydrogen-bond donors (Lipinski definition) is 3. The number of amides is 1. The minimum Gasteiger partial charge on any atom is -0.385 e. The van der Waals surface area contributed by atoms with E-state index in [1.54, 1.807) is 18.5 Å². The third-order valence-corrected chi connectivity index (χ3v) is 4.94. The summed E-state index contributed by atoms with van der Waals surface area (Å²) in [5, 5.41) is 7.54. The van der Waals surface area contributed by atoms with Crippen molar-refractivity contribution in [1.29, 1.82) is 0 Å². The summed E-state index contributed by atoms with van der Waals surface area (Å²) in [6, 6.07) is 11.9. The molecular formula is C22H22N6O. The quantitative estimate of drug-likeness (QED) is 0.568. The van der Waals surface area contributed by atoms with Gasteiger partial charge >= 0.3 is 0 Å². The molecule has 0 bridgehead atoms. The monoisotopic (exact) mass is 386 g/mol. The smallest absolute Gasteiger partial charge is 0.273 e. The summed E-state index contributed by atoms with van der Waals surface area (Å²) < 4.78 is 0. The zero-order valence-electron chi connectivity index (χ0n) is 16.4. The molecule has 0 spiro atoms. The van der Waals surface area contributed by atoms with Gasteiger partial charge < -0.3 is 10.3 Å². The van der Waals surface area contributed by atoms with Gasteiger partial charge in [-0.25, -0.2) is 15.4 Å². The molecule has 1 aliphatic rings. The number of aryl methyl sites for hydroxylation is 1. The Bertz CT molecular complexity index is 1080. The Hall–Kier alpha value is -3.74. The highest BCUT2D eigenvalue weighted by Crippen LogP contribution is 2.23. The van der Waals surface area contributed by atoms with Crippen LogP contribution >= 0.6 is 0 Å². The van der Waals surface area contributed by atoms with Crippen molar-refractivity contribution < 1.29 is 4.79 Å². The Morgan fingerprint density at radius 2 is 1.83 bits per heavy atom. The minimum absolute atomic E-state index is 0.258. The van der Waals surface area contributed by atoms with Crippen molar-refractivity contribution >= 4 is 23.4 Å². The van der Waals surface area contributed by atoms with Crippen molar-refractivity contribution in [2.45, 2.75) is 20.3 Å². The highest BCUT2D eigenvalue weighted by molar-refractivity contribution is 6.32. The van der Waals surface area contributed by atoms with Gasteiger partial charge in [0.25, 0.3) is 5.91 Å². The van der Waals surface area contributed by atoms with Crippen molar-refractivity contribution in [2.75, 3.05) is 11.9 Å². The van der Waals surface area contributed by atoms with E-state index in [-0.39, 0.29) is 5.91 Å². The Morgan fingerprint density at radius 1 is 1.07 bits per heavy atom. The number of hydrazone groups is 1. The summed E-state index contributed by atoms with van der Waals surface area (Å²) in [5.74, 6) is 0.164. The third kappa shape index (κ3) is 3.94. The molecule has 2 aromatic heterocycles. The maximum absolute atomic E-state index is 12.3. The van der Waals surface area contributed by atoms with Crippen LogP contribution in [0.5, 0.6) is 0 Å². The molecule has 7 heteroatoms. The zero-order valence-corrected chi connectivity index (χ0v) is 16.4. The SMILES string of the molecule is Cc1[nH]c(/C=C2/C(=O)NN=C2c2ncccn2)c(C)c1CCNc1ccccc1. The van der Waals surface area contributed by atoms with E-state index in [2.05, 4.69) is 56.8 Å². The van der Waals surface area contributed by atoms with E-state index in [0.29, 0.717) is 17.1 Å². The van der Waals surface area contributed by atoms with Crippen LogP contribution < -0.4 is 10.7 Å². The molecule has 0 saturated heterocycles. The second-order valence-electron chi connectivity index (χ2n) is 6.84. The molecule has 0 unspecified atom stereocenters.